The van der Waals surface area contributed by atoms with E-state index in [2.05, 4.69) is 37.3 Å². The molecule has 0 amide bonds. The third-order valence-electron chi connectivity index (χ3n) is 5.68. The molecule has 0 aliphatic rings. The Morgan fingerprint density at radius 3 is 1.76 bits per heavy atom. The monoisotopic (exact) mass is 476 g/mol. The molecule has 0 atom stereocenters. The Balaban J connectivity index is 0.000000328. The average Bonchev–Trinajstić information content (AvgIpc) is 2.80. The summed E-state index contributed by atoms with van der Waals surface area (Å²) in [6, 6.07) is 22.4. The second-order valence-electron chi connectivity index (χ2n) is 8.35. The zero-order valence-electron chi connectivity index (χ0n) is 20.3. The second kappa shape index (κ2) is 17.3. The molecule has 174 valence electrons. The largest absolute Gasteiger partial charge is 1.00 e. The van der Waals surface area contributed by atoms with Crippen molar-refractivity contribution in [1.29, 1.82) is 0 Å². The summed E-state index contributed by atoms with van der Waals surface area (Å²) in [4.78, 5) is -0.157. The molecule has 33 heavy (non-hydrogen) atoms. The summed E-state index contributed by atoms with van der Waals surface area (Å²) in [5.41, 5.74) is 1.50. The number of unbranched alkanes of at least 4 members (excludes halogenated alkanes) is 9. The SMILES string of the molecule is CCCCCCCCCCCCc1ccccc1.O=S(=O)([O-])c1cccc2ccccc12.[Na+]. The number of rotatable bonds is 12. The van der Waals surface area contributed by atoms with Gasteiger partial charge in [0.1, 0.15) is 10.1 Å². The fourth-order valence-electron chi connectivity index (χ4n) is 3.87. The summed E-state index contributed by atoms with van der Waals surface area (Å²) in [6.07, 6.45) is 15.5. The van der Waals surface area contributed by atoms with Crippen LogP contribution in [-0.4, -0.2) is 13.0 Å². The molecular formula is C28H37NaO3S. The fraction of sp³-hybridized carbons (Fsp3) is 0.429. The minimum atomic E-state index is -4.38. The maximum atomic E-state index is 10.9. The van der Waals surface area contributed by atoms with Crippen molar-refractivity contribution in [2.75, 3.05) is 0 Å². The zero-order valence-corrected chi connectivity index (χ0v) is 23.2. The van der Waals surface area contributed by atoms with Crippen LogP contribution in [0.5, 0.6) is 0 Å². The summed E-state index contributed by atoms with van der Waals surface area (Å²) in [6.45, 7) is 2.28. The first kappa shape index (κ1) is 29.9. The van der Waals surface area contributed by atoms with E-state index in [9.17, 15) is 13.0 Å². The van der Waals surface area contributed by atoms with Gasteiger partial charge in [-0.05, 0) is 35.2 Å². The van der Waals surface area contributed by atoms with E-state index >= 15 is 0 Å². The number of hydrogen-bond acceptors (Lipinski definition) is 3. The summed E-state index contributed by atoms with van der Waals surface area (Å²) in [5, 5.41) is 1.23. The Morgan fingerprint density at radius 2 is 1.15 bits per heavy atom. The topological polar surface area (TPSA) is 57.2 Å². The van der Waals surface area contributed by atoms with Gasteiger partial charge in [-0.1, -0.05) is 131 Å². The predicted molar refractivity (Wildman–Crippen MR) is 134 cm³/mol. The average molecular weight is 477 g/mol. The van der Waals surface area contributed by atoms with Crippen LogP contribution in [0.2, 0.25) is 0 Å². The van der Waals surface area contributed by atoms with Gasteiger partial charge in [0.15, 0.2) is 0 Å². The van der Waals surface area contributed by atoms with E-state index in [-0.39, 0.29) is 34.5 Å². The Morgan fingerprint density at radius 1 is 0.636 bits per heavy atom. The van der Waals surface area contributed by atoms with Crippen molar-refractivity contribution in [3.8, 4) is 0 Å². The third-order valence-corrected chi connectivity index (χ3v) is 6.58. The molecule has 0 bridgehead atoms. The van der Waals surface area contributed by atoms with Crippen LogP contribution in [0.3, 0.4) is 0 Å². The van der Waals surface area contributed by atoms with Crippen LogP contribution < -0.4 is 29.6 Å². The molecule has 0 unspecified atom stereocenters. The van der Waals surface area contributed by atoms with Gasteiger partial charge in [-0.15, -0.1) is 0 Å². The van der Waals surface area contributed by atoms with Gasteiger partial charge in [-0.2, -0.15) is 0 Å². The van der Waals surface area contributed by atoms with Crippen molar-refractivity contribution in [3.05, 3.63) is 78.4 Å². The number of hydrogen-bond donors (Lipinski definition) is 0. The van der Waals surface area contributed by atoms with Gasteiger partial charge in [-0.3, -0.25) is 0 Å². The van der Waals surface area contributed by atoms with Crippen LogP contribution in [0, 0.1) is 0 Å². The van der Waals surface area contributed by atoms with Gasteiger partial charge < -0.3 is 4.55 Å². The molecule has 0 saturated carbocycles. The minimum Gasteiger partial charge on any atom is -0.744 e. The van der Waals surface area contributed by atoms with E-state index in [1.54, 1.807) is 36.4 Å². The van der Waals surface area contributed by atoms with Crippen LogP contribution in [0.4, 0.5) is 0 Å². The van der Waals surface area contributed by atoms with E-state index in [0.717, 1.165) is 5.39 Å². The van der Waals surface area contributed by atoms with Crippen molar-refractivity contribution < 1.29 is 42.5 Å². The zero-order chi connectivity index (χ0) is 23.1. The van der Waals surface area contributed by atoms with Gasteiger partial charge in [0, 0.05) is 0 Å². The quantitative estimate of drug-likeness (QED) is 0.212. The molecule has 3 aromatic rings. The molecule has 0 radical (unpaired) electrons. The number of benzene rings is 3. The minimum absolute atomic E-state index is 0. The first-order chi connectivity index (χ1) is 15.5. The Kier molecular flexibility index (Phi) is 15.6. The van der Waals surface area contributed by atoms with Crippen LogP contribution in [0.25, 0.3) is 10.8 Å². The number of aryl methyl sites for hydroxylation is 1. The van der Waals surface area contributed by atoms with Crippen molar-refractivity contribution >= 4 is 20.9 Å². The van der Waals surface area contributed by atoms with E-state index in [1.807, 2.05) is 0 Å². The van der Waals surface area contributed by atoms with Gasteiger partial charge in [0.05, 0.1) is 4.90 Å². The molecular weight excluding hydrogens is 439 g/mol. The van der Waals surface area contributed by atoms with Crippen LogP contribution in [0.1, 0.15) is 76.7 Å². The molecule has 3 aromatic carbocycles. The van der Waals surface area contributed by atoms with Crippen LogP contribution in [-0.2, 0) is 16.5 Å². The third kappa shape index (κ3) is 12.2. The molecule has 0 aliphatic carbocycles. The van der Waals surface area contributed by atoms with Gasteiger partial charge in [0.2, 0.25) is 0 Å². The molecule has 0 fully saturated rings. The van der Waals surface area contributed by atoms with E-state index in [1.165, 1.54) is 82.3 Å². The molecule has 0 N–H and O–H groups in total. The predicted octanol–water partition coefficient (Wildman–Crippen LogP) is 4.90. The number of fused-ring (bicyclic) bond motifs is 1. The molecule has 5 heteroatoms. The molecule has 3 rings (SSSR count). The molecule has 0 spiro atoms. The molecule has 0 aliphatic heterocycles. The van der Waals surface area contributed by atoms with Crippen LogP contribution in [0.15, 0.2) is 77.7 Å². The van der Waals surface area contributed by atoms with E-state index in [4.69, 9.17) is 0 Å². The van der Waals surface area contributed by atoms with E-state index in [0.29, 0.717) is 5.39 Å². The maximum absolute atomic E-state index is 10.9. The normalized spacial score (nSPS) is 10.8. The summed E-state index contributed by atoms with van der Waals surface area (Å²) >= 11 is 0. The summed E-state index contributed by atoms with van der Waals surface area (Å²) in [7, 11) is -4.38. The summed E-state index contributed by atoms with van der Waals surface area (Å²) in [5.74, 6) is 0. The van der Waals surface area contributed by atoms with Crippen molar-refractivity contribution in [1.82, 2.24) is 0 Å². The molecule has 0 heterocycles. The maximum Gasteiger partial charge on any atom is 1.00 e. The Labute approximate surface area is 223 Å². The van der Waals surface area contributed by atoms with Gasteiger partial charge >= 0.3 is 29.6 Å². The molecule has 0 saturated heterocycles. The van der Waals surface area contributed by atoms with Gasteiger partial charge in [0.25, 0.3) is 0 Å². The van der Waals surface area contributed by atoms with Crippen molar-refractivity contribution in [2.45, 2.75) is 82.4 Å². The van der Waals surface area contributed by atoms with Crippen molar-refractivity contribution in [2.24, 2.45) is 0 Å². The van der Waals surface area contributed by atoms with E-state index < -0.39 is 10.1 Å². The Bertz CT molecular complexity index is 999. The van der Waals surface area contributed by atoms with Crippen LogP contribution >= 0.6 is 0 Å². The standard InChI is InChI=1S/C18H30.C10H8O3S.Na/c1-2-3-4-5-6-7-8-9-10-12-15-18-16-13-11-14-17-18;11-14(12,13)10-7-3-5-8-4-1-2-6-9(8)10;/h11,13-14,16-17H,2-10,12,15H2,1H3;1-7H,(H,11,12,13);/q;;+1/p-1. The smallest absolute Gasteiger partial charge is 0.744 e. The first-order valence-corrected chi connectivity index (χ1v) is 13.4. The Hall–Kier alpha value is -1.17. The second-order valence-corrected chi connectivity index (χ2v) is 9.70. The first-order valence-electron chi connectivity index (χ1n) is 12.0. The molecule has 3 nitrogen and oxygen atoms in total. The fourth-order valence-corrected chi connectivity index (χ4v) is 4.58. The van der Waals surface area contributed by atoms with Gasteiger partial charge in [-0.25, -0.2) is 8.42 Å². The van der Waals surface area contributed by atoms with Crippen molar-refractivity contribution in [3.63, 3.8) is 0 Å². The summed E-state index contributed by atoms with van der Waals surface area (Å²) < 4.78 is 32.7. The molecule has 0 aromatic heterocycles.